The highest BCUT2D eigenvalue weighted by atomic mass is 32.1. The van der Waals surface area contributed by atoms with Crippen molar-refractivity contribution in [2.75, 3.05) is 5.32 Å². The van der Waals surface area contributed by atoms with Crippen LogP contribution < -0.4 is 11.1 Å². The number of carbonyl (C=O) groups excluding carboxylic acids is 1. The number of rotatable bonds is 3. The molecule has 14 heavy (non-hydrogen) atoms. The summed E-state index contributed by atoms with van der Waals surface area (Å²) in [7, 11) is 0. The molecule has 0 aliphatic carbocycles. The second-order valence-corrected chi connectivity index (χ2v) is 4.37. The van der Waals surface area contributed by atoms with Gasteiger partial charge in [-0.1, -0.05) is 6.92 Å². The van der Waals surface area contributed by atoms with Crippen LogP contribution in [0, 0.1) is 13.8 Å². The molecule has 0 radical (unpaired) electrons. The first-order valence-electron chi connectivity index (χ1n) is 4.55. The van der Waals surface area contributed by atoms with Crippen LogP contribution in [0.5, 0.6) is 0 Å². The molecule has 1 heterocycles. The third-order valence-corrected chi connectivity index (χ3v) is 3.02. The molecule has 0 aliphatic rings. The van der Waals surface area contributed by atoms with E-state index in [0.717, 1.165) is 10.6 Å². The Labute approximate surface area is 87.5 Å². The van der Waals surface area contributed by atoms with E-state index in [0.29, 0.717) is 11.6 Å². The number of anilines is 1. The smallest absolute Gasteiger partial charge is 0.243 e. The Bertz CT molecular complexity index is 315. The first-order valence-corrected chi connectivity index (χ1v) is 5.36. The molecule has 1 atom stereocenters. The van der Waals surface area contributed by atoms with Crippen LogP contribution in [-0.4, -0.2) is 16.9 Å². The number of aromatic nitrogens is 1. The summed E-state index contributed by atoms with van der Waals surface area (Å²) in [6.45, 7) is 5.77. The molecule has 1 aromatic heterocycles. The highest BCUT2D eigenvalue weighted by Crippen LogP contribution is 2.20. The molecule has 0 aliphatic heterocycles. The molecule has 1 amide bonds. The van der Waals surface area contributed by atoms with Gasteiger partial charge in [0.05, 0.1) is 11.7 Å². The number of hydrogen-bond acceptors (Lipinski definition) is 4. The van der Waals surface area contributed by atoms with E-state index < -0.39 is 6.04 Å². The van der Waals surface area contributed by atoms with Crippen molar-refractivity contribution >= 4 is 22.4 Å². The molecular weight excluding hydrogens is 198 g/mol. The summed E-state index contributed by atoms with van der Waals surface area (Å²) in [4.78, 5) is 16.7. The van der Waals surface area contributed by atoms with Gasteiger partial charge in [0.15, 0.2) is 5.13 Å². The zero-order valence-corrected chi connectivity index (χ0v) is 9.44. The van der Waals surface area contributed by atoms with Crippen molar-refractivity contribution in [1.29, 1.82) is 0 Å². The molecule has 0 unspecified atom stereocenters. The van der Waals surface area contributed by atoms with Gasteiger partial charge in [0.2, 0.25) is 5.91 Å². The average molecular weight is 213 g/mol. The minimum Gasteiger partial charge on any atom is -0.320 e. The van der Waals surface area contributed by atoms with Crippen LogP contribution in [0.15, 0.2) is 0 Å². The lowest BCUT2D eigenvalue weighted by molar-refractivity contribution is -0.117. The Morgan fingerprint density at radius 2 is 2.29 bits per heavy atom. The van der Waals surface area contributed by atoms with Gasteiger partial charge in [0.25, 0.3) is 0 Å². The fourth-order valence-corrected chi connectivity index (χ4v) is 1.73. The molecule has 3 N–H and O–H groups in total. The van der Waals surface area contributed by atoms with Crippen LogP contribution in [-0.2, 0) is 4.79 Å². The minimum atomic E-state index is -0.445. The first-order chi connectivity index (χ1) is 6.54. The van der Waals surface area contributed by atoms with Crippen molar-refractivity contribution in [2.24, 2.45) is 5.73 Å². The van der Waals surface area contributed by atoms with Gasteiger partial charge in [-0.05, 0) is 20.3 Å². The normalized spacial score (nSPS) is 12.6. The van der Waals surface area contributed by atoms with Crippen LogP contribution in [0.1, 0.15) is 23.9 Å². The molecule has 1 aromatic rings. The van der Waals surface area contributed by atoms with Crippen LogP contribution in [0.3, 0.4) is 0 Å². The number of nitrogens with zero attached hydrogens (tertiary/aromatic N) is 1. The lowest BCUT2D eigenvalue weighted by Crippen LogP contribution is -2.34. The lowest BCUT2D eigenvalue weighted by Gasteiger charge is -2.06. The molecule has 0 bridgehead atoms. The number of aryl methyl sites for hydroxylation is 2. The van der Waals surface area contributed by atoms with Crippen molar-refractivity contribution in [3.05, 3.63) is 10.6 Å². The summed E-state index contributed by atoms with van der Waals surface area (Å²) in [6.07, 6.45) is 0.634. The zero-order chi connectivity index (χ0) is 10.7. The summed E-state index contributed by atoms with van der Waals surface area (Å²) < 4.78 is 0. The molecule has 0 aromatic carbocycles. The predicted octanol–water partition coefficient (Wildman–Crippen LogP) is 1.44. The van der Waals surface area contributed by atoms with Crippen LogP contribution in [0.4, 0.5) is 5.13 Å². The average Bonchev–Trinajstić information content (AvgIpc) is 2.44. The SMILES string of the molecule is CC[C@H](N)C(=O)Nc1nc(C)c(C)s1. The summed E-state index contributed by atoms with van der Waals surface area (Å²) in [5.74, 6) is -0.166. The van der Waals surface area contributed by atoms with E-state index in [1.165, 1.54) is 11.3 Å². The van der Waals surface area contributed by atoms with Crippen LogP contribution >= 0.6 is 11.3 Å². The Morgan fingerprint density at radius 3 is 2.71 bits per heavy atom. The fraction of sp³-hybridized carbons (Fsp3) is 0.556. The van der Waals surface area contributed by atoms with E-state index in [2.05, 4.69) is 10.3 Å². The molecule has 0 spiro atoms. The van der Waals surface area contributed by atoms with Gasteiger partial charge in [-0.15, -0.1) is 11.3 Å². The van der Waals surface area contributed by atoms with Gasteiger partial charge in [-0.25, -0.2) is 4.98 Å². The molecular formula is C9H15N3OS. The van der Waals surface area contributed by atoms with Gasteiger partial charge in [0, 0.05) is 4.88 Å². The summed E-state index contributed by atoms with van der Waals surface area (Å²) in [5.41, 5.74) is 6.53. The van der Waals surface area contributed by atoms with E-state index in [1.807, 2.05) is 20.8 Å². The van der Waals surface area contributed by atoms with E-state index >= 15 is 0 Å². The van der Waals surface area contributed by atoms with Gasteiger partial charge < -0.3 is 11.1 Å². The van der Waals surface area contributed by atoms with Crippen molar-refractivity contribution in [2.45, 2.75) is 33.2 Å². The van der Waals surface area contributed by atoms with E-state index in [4.69, 9.17) is 5.73 Å². The molecule has 4 nitrogen and oxygen atoms in total. The predicted molar refractivity (Wildman–Crippen MR) is 58.5 cm³/mol. The quantitative estimate of drug-likeness (QED) is 0.798. The third kappa shape index (κ3) is 2.52. The largest absolute Gasteiger partial charge is 0.320 e. The minimum absolute atomic E-state index is 0.166. The molecule has 5 heteroatoms. The molecule has 78 valence electrons. The molecule has 0 fully saturated rings. The van der Waals surface area contributed by atoms with Crippen molar-refractivity contribution in [3.8, 4) is 0 Å². The van der Waals surface area contributed by atoms with Crippen LogP contribution in [0.2, 0.25) is 0 Å². The van der Waals surface area contributed by atoms with Gasteiger partial charge in [-0.3, -0.25) is 4.79 Å². The van der Waals surface area contributed by atoms with Gasteiger partial charge >= 0.3 is 0 Å². The standard InChI is InChI=1S/C9H15N3OS/c1-4-7(10)8(13)12-9-11-5(2)6(3)14-9/h7H,4,10H2,1-3H3,(H,11,12,13)/t7-/m0/s1. The Kier molecular flexibility index (Phi) is 3.60. The van der Waals surface area contributed by atoms with Crippen molar-refractivity contribution in [1.82, 2.24) is 4.98 Å². The van der Waals surface area contributed by atoms with Crippen molar-refractivity contribution < 1.29 is 4.79 Å². The number of hydrogen-bond donors (Lipinski definition) is 2. The second kappa shape index (κ2) is 4.52. The van der Waals surface area contributed by atoms with Crippen LogP contribution in [0.25, 0.3) is 0 Å². The first kappa shape index (κ1) is 11.1. The van der Waals surface area contributed by atoms with Gasteiger partial charge in [0.1, 0.15) is 0 Å². The monoisotopic (exact) mass is 213 g/mol. The molecule has 0 saturated heterocycles. The number of nitrogens with one attached hydrogen (secondary N) is 1. The Balaban J connectivity index is 2.65. The number of carbonyl (C=O) groups is 1. The number of thiazole rings is 1. The lowest BCUT2D eigenvalue weighted by atomic mass is 10.2. The van der Waals surface area contributed by atoms with Gasteiger partial charge in [-0.2, -0.15) is 0 Å². The third-order valence-electron chi connectivity index (χ3n) is 2.04. The van der Waals surface area contributed by atoms with E-state index in [9.17, 15) is 4.79 Å². The molecule has 0 saturated carbocycles. The molecule has 1 rings (SSSR count). The maximum atomic E-state index is 11.4. The topological polar surface area (TPSA) is 68.0 Å². The second-order valence-electron chi connectivity index (χ2n) is 3.16. The fourth-order valence-electron chi connectivity index (χ4n) is 0.910. The Hall–Kier alpha value is -0.940. The summed E-state index contributed by atoms with van der Waals surface area (Å²) >= 11 is 1.47. The maximum absolute atomic E-state index is 11.4. The highest BCUT2D eigenvalue weighted by Gasteiger charge is 2.13. The number of nitrogens with two attached hydrogens (primary N) is 1. The van der Waals surface area contributed by atoms with E-state index in [1.54, 1.807) is 0 Å². The van der Waals surface area contributed by atoms with Crippen molar-refractivity contribution in [3.63, 3.8) is 0 Å². The zero-order valence-electron chi connectivity index (χ0n) is 8.63. The summed E-state index contributed by atoms with van der Waals surface area (Å²) in [6, 6.07) is -0.445. The maximum Gasteiger partial charge on any atom is 0.243 e. The van der Waals surface area contributed by atoms with E-state index in [-0.39, 0.29) is 5.91 Å². The highest BCUT2D eigenvalue weighted by molar-refractivity contribution is 7.15. The number of amides is 1. The summed E-state index contributed by atoms with van der Waals surface area (Å²) in [5, 5.41) is 3.33. The Morgan fingerprint density at radius 1 is 1.64 bits per heavy atom.